The molecule has 1 atom stereocenters. The molecule has 1 unspecified atom stereocenters. The molecule has 0 aliphatic carbocycles. The highest BCUT2D eigenvalue weighted by molar-refractivity contribution is 7.15. The molecular weight excluding hydrogens is 603 g/mol. The molecule has 48 heavy (non-hydrogen) atoms. The predicted octanol–water partition coefficient (Wildman–Crippen LogP) is 13.4. The van der Waals surface area contributed by atoms with Crippen LogP contribution in [0.2, 0.25) is 0 Å². The molecule has 0 aliphatic rings. The van der Waals surface area contributed by atoms with Gasteiger partial charge < -0.3 is 8.83 Å². The van der Waals surface area contributed by atoms with Crippen molar-refractivity contribution in [1.29, 1.82) is 0 Å². The molecule has 0 N–H and O–H groups in total. The number of benzene rings is 9. The third-order valence-electron chi connectivity index (χ3n) is 9.97. The number of hydrogen-bond donors (Lipinski definition) is 0. The molecular formula is C45H29O2P. The van der Waals surface area contributed by atoms with Crippen molar-refractivity contribution in [1.82, 2.24) is 0 Å². The first kappa shape index (κ1) is 27.4. The van der Waals surface area contributed by atoms with Crippen LogP contribution in [0, 0.1) is 0 Å². The minimum atomic E-state index is 0.869. The molecule has 9 aromatic carbocycles. The van der Waals surface area contributed by atoms with E-state index in [0.717, 1.165) is 66.1 Å². The monoisotopic (exact) mass is 632 g/mol. The first-order valence-electron chi connectivity index (χ1n) is 16.3. The Balaban J connectivity index is 0.00000145. The van der Waals surface area contributed by atoms with Gasteiger partial charge in [0.1, 0.15) is 22.3 Å². The highest BCUT2D eigenvalue weighted by Crippen LogP contribution is 2.52. The van der Waals surface area contributed by atoms with E-state index < -0.39 is 0 Å². The van der Waals surface area contributed by atoms with Gasteiger partial charge in [0.05, 0.1) is 0 Å². The maximum Gasteiger partial charge on any atom is 0.144 e. The van der Waals surface area contributed by atoms with Gasteiger partial charge in [-0.2, -0.15) is 0 Å². The van der Waals surface area contributed by atoms with Crippen molar-refractivity contribution in [2.45, 2.75) is 0 Å². The predicted molar refractivity (Wildman–Crippen MR) is 209 cm³/mol. The summed E-state index contributed by atoms with van der Waals surface area (Å²) in [7, 11) is 2.42. The third kappa shape index (κ3) is 3.67. The fourth-order valence-corrected chi connectivity index (χ4v) is 8.09. The zero-order chi connectivity index (χ0) is 31.9. The second-order valence-corrected chi connectivity index (χ2v) is 12.4. The van der Waals surface area contributed by atoms with Gasteiger partial charge >= 0.3 is 0 Å². The molecule has 0 radical (unpaired) electrons. The summed E-state index contributed by atoms with van der Waals surface area (Å²) < 4.78 is 14.4. The molecule has 0 spiro atoms. The van der Waals surface area contributed by atoms with Crippen molar-refractivity contribution in [3.8, 4) is 22.3 Å². The molecule has 11 aromatic rings. The fourth-order valence-electron chi connectivity index (χ4n) is 8.09. The minimum absolute atomic E-state index is 0.869. The minimum Gasteiger partial charge on any atom is -0.455 e. The lowest BCUT2D eigenvalue weighted by atomic mass is 9.85. The number of fused-ring (bicyclic) bond motifs is 4. The molecule has 226 valence electrons. The smallest absolute Gasteiger partial charge is 0.144 e. The maximum atomic E-state index is 7.19. The number of rotatable bonds is 2. The molecule has 3 heteroatoms. The highest BCUT2D eigenvalue weighted by atomic mass is 31.0. The maximum absolute atomic E-state index is 7.19. The van der Waals surface area contributed by atoms with E-state index in [0.29, 0.717) is 0 Å². The van der Waals surface area contributed by atoms with E-state index in [9.17, 15) is 0 Å². The SMILES string of the molecule is CP.c1ccc(-c2c3oc4ccc5cccc6ccc(c3c(-c3ccccc3)c3oc7ccc8cccc9ccc(c23)c7c89)c4c56)cc1. The van der Waals surface area contributed by atoms with Crippen LogP contribution in [-0.2, 0) is 0 Å². The molecule has 0 amide bonds. The Labute approximate surface area is 278 Å². The average molecular weight is 633 g/mol. The van der Waals surface area contributed by atoms with Crippen LogP contribution in [-0.4, -0.2) is 6.66 Å². The van der Waals surface area contributed by atoms with Crippen LogP contribution in [0.1, 0.15) is 0 Å². The van der Waals surface area contributed by atoms with Crippen molar-refractivity contribution in [3.05, 3.63) is 146 Å². The second-order valence-electron chi connectivity index (χ2n) is 12.4. The van der Waals surface area contributed by atoms with Crippen molar-refractivity contribution in [2.24, 2.45) is 0 Å². The van der Waals surface area contributed by atoms with Crippen LogP contribution in [0.15, 0.2) is 154 Å². The fraction of sp³-hybridized carbons (Fsp3) is 0.0222. The van der Waals surface area contributed by atoms with E-state index in [1.165, 1.54) is 43.1 Å². The van der Waals surface area contributed by atoms with E-state index >= 15 is 0 Å². The van der Waals surface area contributed by atoms with Crippen LogP contribution in [0.25, 0.3) is 109 Å². The quantitative estimate of drug-likeness (QED) is 0.108. The Morgan fingerprint density at radius 2 is 0.708 bits per heavy atom. The average Bonchev–Trinajstić information content (AvgIpc) is 3.16. The lowest BCUT2D eigenvalue weighted by molar-refractivity contribution is 0.656. The first-order chi connectivity index (χ1) is 23.8. The lowest BCUT2D eigenvalue weighted by Crippen LogP contribution is -1.95. The molecule has 2 heterocycles. The van der Waals surface area contributed by atoms with Crippen molar-refractivity contribution < 1.29 is 8.83 Å². The van der Waals surface area contributed by atoms with E-state index in [-0.39, 0.29) is 0 Å². The second kappa shape index (κ2) is 10.4. The van der Waals surface area contributed by atoms with Gasteiger partial charge in [0.15, 0.2) is 0 Å². The molecule has 0 fully saturated rings. The van der Waals surface area contributed by atoms with Gasteiger partial charge in [0, 0.05) is 43.4 Å². The first-order valence-corrected chi connectivity index (χ1v) is 17.5. The summed E-state index contributed by atoms with van der Waals surface area (Å²) >= 11 is 0. The van der Waals surface area contributed by atoms with Crippen LogP contribution >= 0.6 is 9.24 Å². The Morgan fingerprint density at radius 3 is 1.10 bits per heavy atom. The van der Waals surface area contributed by atoms with Gasteiger partial charge in [-0.05, 0) is 55.6 Å². The van der Waals surface area contributed by atoms with E-state index in [1.54, 1.807) is 0 Å². The number of hydrogen-bond acceptors (Lipinski definition) is 2. The Morgan fingerprint density at radius 1 is 0.333 bits per heavy atom. The summed E-state index contributed by atoms with van der Waals surface area (Å²) in [5.41, 5.74) is 7.81. The summed E-state index contributed by atoms with van der Waals surface area (Å²) in [5.74, 6) is 0. The summed E-state index contributed by atoms with van der Waals surface area (Å²) in [4.78, 5) is 0. The summed E-state index contributed by atoms with van der Waals surface area (Å²) in [5, 5.41) is 14.1. The third-order valence-corrected chi connectivity index (χ3v) is 9.97. The van der Waals surface area contributed by atoms with Crippen molar-refractivity contribution >= 4 is 96.2 Å². The van der Waals surface area contributed by atoms with Gasteiger partial charge in [-0.3, -0.25) is 0 Å². The van der Waals surface area contributed by atoms with Gasteiger partial charge in [-0.1, -0.05) is 140 Å². The van der Waals surface area contributed by atoms with Gasteiger partial charge in [0.2, 0.25) is 0 Å². The van der Waals surface area contributed by atoms with E-state index in [4.69, 9.17) is 8.83 Å². The summed E-state index contributed by atoms with van der Waals surface area (Å²) in [6.07, 6.45) is 0. The van der Waals surface area contributed by atoms with Crippen LogP contribution in [0.5, 0.6) is 0 Å². The molecule has 0 aliphatic heterocycles. The molecule has 0 saturated carbocycles. The molecule has 2 aromatic heterocycles. The normalized spacial score (nSPS) is 12.0. The van der Waals surface area contributed by atoms with Gasteiger partial charge in [0.25, 0.3) is 0 Å². The topological polar surface area (TPSA) is 26.3 Å². The zero-order valence-electron chi connectivity index (χ0n) is 26.3. The highest BCUT2D eigenvalue weighted by Gasteiger charge is 2.27. The van der Waals surface area contributed by atoms with Crippen molar-refractivity contribution in [2.75, 3.05) is 6.66 Å². The zero-order valence-corrected chi connectivity index (χ0v) is 27.4. The standard InChI is InChI=1S/C44H24O2.CH5P/c1-3-9-25(10-4-1)37-41-31-21-17-27-13-7-15-29-20-24-34(39(31)35(27)29)46-44(41)38(26-11-5-2-6-12-26)42-32-22-18-28-14-8-16-30-19-23-33(45-43(37)42)40(32)36(28)30;1-2/h1-24H;2H2,1H3. The lowest BCUT2D eigenvalue weighted by Gasteiger charge is -2.21. The van der Waals surface area contributed by atoms with Crippen molar-refractivity contribution in [3.63, 3.8) is 0 Å². The summed E-state index contributed by atoms with van der Waals surface area (Å²) in [6.45, 7) is 1.92. The molecule has 0 saturated heterocycles. The Hall–Kier alpha value is -5.69. The van der Waals surface area contributed by atoms with Crippen LogP contribution in [0.4, 0.5) is 0 Å². The van der Waals surface area contributed by atoms with Crippen LogP contribution in [0.3, 0.4) is 0 Å². The van der Waals surface area contributed by atoms with Crippen LogP contribution < -0.4 is 0 Å². The molecule has 0 bridgehead atoms. The molecule has 11 rings (SSSR count). The molecule has 2 nitrogen and oxygen atoms in total. The largest absolute Gasteiger partial charge is 0.455 e. The van der Waals surface area contributed by atoms with Gasteiger partial charge in [-0.15, -0.1) is 9.24 Å². The summed E-state index contributed by atoms with van der Waals surface area (Å²) in [6, 6.07) is 52.1. The van der Waals surface area contributed by atoms with E-state index in [2.05, 4.69) is 155 Å². The Kier molecular flexibility index (Phi) is 5.95. The van der Waals surface area contributed by atoms with Gasteiger partial charge in [-0.25, -0.2) is 0 Å². The van der Waals surface area contributed by atoms with E-state index in [1.807, 2.05) is 6.66 Å². The Bertz CT molecular complexity index is 2770.